The van der Waals surface area contributed by atoms with Crippen molar-refractivity contribution >= 4 is 33.0 Å². The molecule has 2 fully saturated rings. The summed E-state index contributed by atoms with van der Waals surface area (Å²) in [5.41, 5.74) is 5.53. The fraction of sp³-hybridized carbons (Fsp3) is 0.353. The van der Waals surface area contributed by atoms with Crippen LogP contribution < -0.4 is 0 Å². The second-order valence-corrected chi connectivity index (χ2v) is 12.5. The van der Waals surface area contributed by atoms with Crippen LogP contribution in [0, 0.1) is 5.92 Å². The smallest absolute Gasteiger partial charge is 0.225 e. The number of methoxy groups -OCH3 is 1. The molecule has 1 saturated heterocycles. The van der Waals surface area contributed by atoms with Gasteiger partial charge in [0.2, 0.25) is 5.91 Å². The van der Waals surface area contributed by atoms with Gasteiger partial charge in [-0.25, -0.2) is 4.98 Å². The number of pyridine rings is 1. The van der Waals surface area contributed by atoms with Crippen molar-refractivity contribution in [2.24, 2.45) is 5.92 Å². The molecule has 0 spiro atoms. The van der Waals surface area contributed by atoms with Gasteiger partial charge in [-0.1, -0.05) is 55.0 Å². The Morgan fingerprint density at radius 3 is 2.56 bits per heavy atom. The van der Waals surface area contributed by atoms with Crippen LogP contribution in [0.1, 0.15) is 31.4 Å². The summed E-state index contributed by atoms with van der Waals surface area (Å²) in [6, 6.07) is 25.7. The summed E-state index contributed by atoms with van der Waals surface area (Å²) in [5, 5.41) is 1.28. The van der Waals surface area contributed by atoms with E-state index in [9.17, 15) is 4.79 Å². The van der Waals surface area contributed by atoms with Crippen LogP contribution in [0.25, 0.3) is 37.4 Å². The van der Waals surface area contributed by atoms with Gasteiger partial charge in [0.05, 0.1) is 17.5 Å². The second kappa shape index (κ2) is 11.4. The zero-order chi connectivity index (χ0) is 27.8. The van der Waals surface area contributed by atoms with Gasteiger partial charge in [-0.3, -0.25) is 9.69 Å². The Labute approximate surface area is 245 Å². The van der Waals surface area contributed by atoms with E-state index in [1.807, 2.05) is 11.3 Å². The molecule has 0 bridgehead atoms. The molecule has 0 unspecified atom stereocenters. The molecule has 210 valence electrons. The first-order valence-electron chi connectivity index (χ1n) is 14.8. The van der Waals surface area contributed by atoms with Gasteiger partial charge in [0.15, 0.2) is 0 Å². The third-order valence-electron chi connectivity index (χ3n) is 8.84. The van der Waals surface area contributed by atoms with Crippen LogP contribution in [-0.4, -0.2) is 64.5 Å². The van der Waals surface area contributed by atoms with Crippen LogP contribution in [0.5, 0.6) is 0 Å². The Balaban J connectivity index is 1.15. The van der Waals surface area contributed by atoms with Crippen LogP contribution in [0.2, 0.25) is 0 Å². The maximum absolute atomic E-state index is 13.3. The van der Waals surface area contributed by atoms with Crippen LogP contribution in [0.3, 0.4) is 0 Å². The summed E-state index contributed by atoms with van der Waals surface area (Å²) in [5.74, 6) is 0.426. The minimum atomic E-state index is 0.107. The third-order valence-corrected chi connectivity index (χ3v) is 10.0. The van der Waals surface area contributed by atoms with E-state index in [-0.39, 0.29) is 12.0 Å². The Bertz CT molecular complexity index is 1640. The van der Waals surface area contributed by atoms with E-state index >= 15 is 0 Å². The first-order chi connectivity index (χ1) is 20.2. The normalized spacial score (nSPS) is 20.2. The van der Waals surface area contributed by atoms with Crippen molar-refractivity contribution in [2.45, 2.75) is 38.3 Å². The summed E-state index contributed by atoms with van der Waals surface area (Å²) < 4.78 is 9.17. The largest absolute Gasteiger partial charge is 0.381 e. The zero-order valence-corrected chi connectivity index (χ0v) is 24.4. The second-order valence-electron chi connectivity index (χ2n) is 11.4. The highest BCUT2D eigenvalue weighted by Gasteiger charge is 2.32. The van der Waals surface area contributed by atoms with Crippen LogP contribution in [-0.2, 0) is 16.1 Å². The molecular weight excluding hydrogens is 528 g/mol. The number of hydrogen-bond acceptors (Lipinski definition) is 5. The Morgan fingerprint density at radius 2 is 1.76 bits per heavy atom. The number of piperazine rings is 1. The Hall–Kier alpha value is -3.52. The maximum atomic E-state index is 13.3. The molecular formula is C34H36N4O2S. The van der Waals surface area contributed by atoms with E-state index in [1.165, 1.54) is 26.2 Å². The van der Waals surface area contributed by atoms with Crippen LogP contribution in [0.4, 0.5) is 0 Å². The molecule has 6 nitrogen and oxygen atoms in total. The number of amides is 1. The van der Waals surface area contributed by atoms with Gasteiger partial charge in [-0.2, -0.15) is 0 Å². The van der Waals surface area contributed by atoms with Crippen molar-refractivity contribution in [1.82, 2.24) is 19.2 Å². The van der Waals surface area contributed by atoms with Gasteiger partial charge in [0.1, 0.15) is 5.65 Å². The fourth-order valence-electron chi connectivity index (χ4n) is 6.52. The molecule has 1 saturated carbocycles. The van der Waals surface area contributed by atoms with Gasteiger partial charge in [0, 0.05) is 72.7 Å². The predicted octanol–water partition coefficient (Wildman–Crippen LogP) is 6.73. The first-order valence-corrected chi connectivity index (χ1v) is 15.6. The van der Waals surface area contributed by atoms with Crippen LogP contribution >= 0.6 is 11.3 Å². The lowest BCUT2D eigenvalue weighted by molar-refractivity contribution is -0.140. The summed E-state index contributed by atoms with van der Waals surface area (Å²) >= 11 is 1.83. The number of thiophene rings is 1. The van der Waals surface area contributed by atoms with Gasteiger partial charge in [0.25, 0.3) is 0 Å². The van der Waals surface area contributed by atoms with Gasteiger partial charge < -0.3 is 14.0 Å². The molecule has 7 rings (SSSR count). The lowest BCUT2D eigenvalue weighted by atomic mass is 9.86. The number of hydrogen-bond donors (Lipinski definition) is 0. The molecule has 1 aliphatic carbocycles. The molecule has 2 atom stereocenters. The first kappa shape index (κ1) is 26.4. The molecule has 3 aromatic heterocycles. The van der Waals surface area contributed by atoms with Gasteiger partial charge >= 0.3 is 0 Å². The Morgan fingerprint density at radius 1 is 0.951 bits per heavy atom. The van der Waals surface area contributed by atoms with E-state index in [0.29, 0.717) is 5.91 Å². The zero-order valence-electron chi connectivity index (χ0n) is 23.5. The highest BCUT2D eigenvalue weighted by atomic mass is 32.1. The van der Waals surface area contributed by atoms with E-state index in [0.717, 1.165) is 75.3 Å². The lowest BCUT2D eigenvalue weighted by Crippen LogP contribution is -2.50. The van der Waals surface area contributed by atoms with Crippen molar-refractivity contribution in [1.29, 1.82) is 0 Å². The SMILES string of the molecule is CO[C@@H]1CCC[C@@H](C(=O)N2CCN(Cc3c(-c4ccccc4)nc4ccc(-c5cc6ccccc6s5)cn34)CC2)C1. The average Bonchev–Trinajstić information content (AvgIpc) is 3.63. The van der Waals surface area contributed by atoms with Crippen molar-refractivity contribution in [3.8, 4) is 21.7 Å². The summed E-state index contributed by atoms with van der Waals surface area (Å²) in [7, 11) is 1.77. The topological polar surface area (TPSA) is 50.1 Å². The van der Waals surface area contributed by atoms with Crippen molar-refractivity contribution in [2.75, 3.05) is 33.3 Å². The monoisotopic (exact) mass is 564 g/mol. The van der Waals surface area contributed by atoms with Crippen molar-refractivity contribution in [3.05, 3.63) is 84.7 Å². The van der Waals surface area contributed by atoms with Crippen molar-refractivity contribution in [3.63, 3.8) is 0 Å². The molecule has 4 heterocycles. The van der Waals surface area contributed by atoms with E-state index < -0.39 is 0 Å². The maximum Gasteiger partial charge on any atom is 0.225 e. The van der Waals surface area contributed by atoms with E-state index in [1.54, 1.807) is 7.11 Å². The number of ether oxygens (including phenoxy) is 1. The summed E-state index contributed by atoms with van der Waals surface area (Å²) in [4.78, 5) is 24.3. The van der Waals surface area contributed by atoms with E-state index in [4.69, 9.17) is 9.72 Å². The summed E-state index contributed by atoms with van der Waals surface area (Å²) in [6.07, 6.45) is 6.48. The standard InChI is InChI=1S/C34H36N4O2S/c1-40-28-12-7-11-26(20-28)34(39)37-18-16-36(17-19-37)23-29-33(24-8-3-2-4-9-24)35-32-15-14-27(22-38(29)32)31-21-25-10-5-6-13-30(25)41-31/h2-6,8-10,13-15,21-22,26,28H,7,11-12,16-20,23H2,1H3/t26-,28-/m1/s1. The highest BCUT2D eigenvalue weighted by Crippen LogP contribution is 2.35. The number of aromatic nitrogens is 2. The number of carbonyl (C=O) groups excluding carboxylic acids is 1. The molecule has 1 aliphatic heterocycles. The number of fused-ring (bicyclic) bond motifs is 2. The quantitative estimate of drug-likeness (QED) is 0.229. The number of benzene rings is 2. The molecule has 1 amide bonds. The molecule has 7 heteroatoms. The molecule has 0 N–H and O–H groups in total. The fourth-order valence-corrected chi connectivity index (χ4v) is 7.57. The molecule has 2 aromatic carbocycles. The van der Waals surface area contributed by atoms with Gasteiger partial charge in [-0.05, 0) is 48.9 Å². The highest BCUT2D eigenvalue weighted by molar-refractivity contribution is 7.22. The number of imidazole rings is 1. The molecule has 0 radical (unpaired) electrons. The average molecular weight is 565 g/mol. The summed E-state index contributed by atoms with van der Waals surface area (Å²) in [6.45, 7) is 4.07. The van der Waals surface area contributed by atoms with E-state index in [2.05, 4.69) is 93.2 Å². The Kier molecular flexibility index (Phi) is 7.33. The molecule has 41 heavy (non-hydrogen) atoms. The van der Waals surface area contributed by atoms with Gasteiger partial charge in [-0.15, -0.1) is 11.3 Å². The minimum absolute atomic E-state index is 0.107. The molecule has 2 aliphatic rings. The van der Waals surface area contributed by atoms with Crippen LogP contribution in [0.15, 0.2) is 79.0 Å². The minimum Gasteiger partial charge on any atom is -0.381 e. The number of rotatable bonds is 6. The predicted molar refractivity (Wildman–Crippen MR) is 166 cm³/mol. The lowest BCUT2D eigenvalue weighted by Gasteiger charge is -2.38. The van der Waals surface area contributed by atoms with Crippen molar-refractivity contribution < 1.29 is 9.53 Å². The molecule has 5 aromatic rings. The number of nitrogens with zero attached hydrogens (tertiary/aromatic N) is 4. The third kappa shape index (κ3) is 5.30. The number of carbonyl (C=O) groups is 1.